The Kier molecular flexibility index (Phi) is 18.1. The molecule has 3 fully saturated rings. The molecular weight excluding hydrogens is 616 g/mol. The Bertz CT molecular complexity index is 939. The molecule has 0 spiro atoms. The van der Waals surface area contributed by atoms with Gasteiger partial charge in [-0.3, -0.25) is 15.3 Å². The van der Waals surface area contributed by atoms with Crippen molar-refractivity contribution in [2.24, 2.45) is 47.2 Å². The lowest BCUT2D eigenvalue weighted by molar-refractivity contribution is -0.699. The van der Waals surface area contributed by atoms with Crippen molar-refractivity contribution in [3.05, 3.63) is 0 Å². The average molecular weight is 686 g/mol. The van der Waals surface area contributed by atoms with E-state index >= 15 is 0 Å². The number of aliphatic hydroxyl groups excluding tert-OH is 3. The van der Waals surface area contributed by atoms with Crippen LogP contribution in [0.15, 0.2) is 0 Å². The molecule has 3 aliphatic rings. The number of methoxy groups -OCH3 is 1. The minimum Gasteiger partial charge on any atom is -0.462 e. The second-order valence-corrected chi connectivity index (χ2v) is 15.7. The van der Waals surface area contributed by atoms with Gasteiger partial charge in [-0.15, -0.1) is 0 Å². The molecule has 11 heteroatoms. The van der Waals surface area contributed by atoms with Gasteiger partial charge in [0.05, 0.1) is 38.1 Å². The van der Waals surface area contributed by atoms with E-state index in [1.54, 1.807) is 7.11 Å². The molecule has 0 radical (unpaired) electrons. The van der Waals surface area contributed by atoms with Gasteiger partial charge in [0.25, 0.3) is 0 Å². The predicted octanol–water partition coefficient (Wildman–Crippen LogP) is 2.91. The van der Waals surface area contributed by atoms with Crippen LogP contribution in [0.5, 0.6) is 0 Å². The minimum absolute atomic E-state index is 0.0518. The summed E-state index contributed by atoms with van der Waals surface area (Å²) < 4.78 is 23.3. The van der Waals surface area contributed by atoms with Crippen LogP contribution in [-0.4, -0.2) is 97.4 Å². The van der Waals surface area contributed by atoms with Crippen LogP contribution in [0.4, 0.5) is 0 Å². The van der Waals surface area contributed by atoms with Gasteiger partial charge in [0.2, 0.25) is 0 Å². The zero-order chi connectivity index (χ0) is 35.2. The van der Waals surface area contributed by atoms with E-state index < -0.39 is 24.4 Å². The summed E-state index contributed by atoms with van der Waals surface area (Å²) in [6, 6.07) is 0. The molecular formula is C37H69N2O9+. The van der Waals surface area contributed by atoms with Crippen molar-refractivity contribution >= 4 is 11.9 Å². The van der Waals surface area contributed by atoms with Gasteiger partial charge in [-0.1, -0.05) is 20.3 Å². The molecule has 0 aromatic heterocycles. The molecule has 280 valence electrons. The van der Waals surface area contributed by atoms with Crippen molar-refractivity contribution in [3.8, 4) is 0 Å². The van der Waals surface area contributed by atoms with E-state index in [2.05, 4.69) is 19.2 Å². The first kappa shape index (κ1) is 41.1. The van der Waals surface area contributed by atoms with Gasteiger partial charge in [0.15, 0.2) is 0 Å². The number of aliphatic hydroxyl groups is 3. The lowest BCUT2D eigenvalue weighted by atomic mass is 9.66. The maximum absolute atomic E-state index is 12.5. The molecule has 2 saturated carbocycles. The summed E-state index contributed by atoms with van der Waals surface area (Å²) in [5.74, 6) is 1.17. The molecule has 0 amide bonds. The molecule has 7 N–H and O–H groups in total. The second kappa shape index (κ2) is 21.1. The van der Waals surface area contributed by atoms with E-state index in [0.717, 1.165) is 57.9 Å². The quantitative estimate of drug-likeness (QED) is 0.143. The van der Waals surface area contributed by atoms with E-state index in [0.29, 0.717) is 56.5 Å². The van der Waals surface area contributed by atoms with Crippen LogP contribution in [0.3, 0.4) is 0 Å². The van der Waals surface area contributed by atoms with Crippen molar-refractivity contribution in [3.63, 3.8) is 0 Å². The number of piperidine rings is 1. The smallest absolute Gasteiger partial charge is 0.302 e. The summed E-state index contributed by atoms with van der Waals surface area (Å²) in [5.41, 5.74) is 6.35. The maximum atomic E-state index is 12.5. The normalized spacial score (nSPS) is 34.5. The summed E-state index contributed by atoms with van der Waals surface area (Å²) in [7, 11) is 1.69. The van der Waals surface area contributed by atoms with Gasteiger partial charge < -0.3 is 39.6 Å². The summed E-state index contributed by atoms with van der Waals surface area (Å²) >= 11 is 0. The third kappa shape index (κ3) is 13.8. The van der Waals surface area contributed by atoms with Gasteiger partial charge in [0, 0.05) is 40.4 Å². The largest absolute Gasteiger partial charge is 0.462 e. The lowest BCUT2D eigenvalue weighted by Crippen LogP contribution is -2.94. The van der Waals surface area contributed by atoms with Crippen LogP contribution in [0.2, 0.25) is 0 Å². The molecule has 11 nitrogen and oxygen atoms in total. The molecule has 3 rings (SSSR count). The average Bonchev–Trinajstić information content (AvgIpc) is 3.01. The fourth-order valence-corrected chi connectivity index (χ4v) is 9.27. The van der Waals surface area contributed by atoms with Gasteiger partial charge in [-0.2, -0.15) is 0 Å². The number of hydrogen-bond acceptors (Lipinski definition) is 10. The number of carbonyl (C=O) groups excluding carboxylic acids is 2. The fraction of sp³-hybridized carbons (Fsp3) is 0.946. The minimum atomic E-state index is -0.602. The van der Waals surface area contributed by atoms with Gasteiger partial charge in [-0.05, 0) is 106 Å². The highest BCUT2D eigenvalue weighted by Crippen LogP contribution is 2.43. The summed E-state index contributed by atoms with van der Waals surface area (Å²) in [5, 5.41) is 34.0. The Morgan fingerprint density at radius 1 is 0.896 bits per heavy atom. The van der Waals surface area contributed by atoms with Crippen LogP contribution in [-0.2, 0) is 28.5 Å². The monoisotopic (exact) mass is 685 g/mol. The lowest BCUT2D eigenvalue weighted by Gasteiger charge is -2.44. The van der Waals surface area contributed by atoms with Crippen molar-refractivity contribution < 1.29 is 49.2 Å². The second-order valence-electron chi connectivity index (χ2n) is 15.7. The Labute approximate surface area is 289 Å². The standard InChI is InChI=1S/C37H68N2O9/c1-23(2)16-26-6-7-27(11-14-45-5)33(43)18-30(17-26)35(48-25(4)42)21-31(47-24(3)41)9-8-28-19-36(46-15-13-40)34(44)22-32(28)29-10-12-39-37(38)20-29/h23,26-37,39-40,43-44H,6-22,38H2,1-5H3/p+1/t26-,27-,28?,29?,30+,31-,32?,33-,34?,35-,36?,37?/m1/s1. The van der Waals surface area contributed by atoms with E-state index in [1.165, 1.54) is 13.8 Å². The number of rotatable bonds is 17. The van der Waals surface area contributed by atoms with Crippen molar-refractivity contribution in [1.82, 2.24) is 0 Å². The topological polar surface area (TPSA) is 174 Å². The summed E-state index contributed by atoms with van der Waals surface area (Å²) in [4.78, 5) is 25.0. The molecule has 1 saturated heterocycles. The van der Waals surface area contributed by atoms with Crippen LogP contribution in [0.1, 0.15) is 111 Å². The molecule has 0 aromatic carbocycles. The van der Waals surface area contributed by atoms with Gasteiger partial charge in [0.1, 0.15) is 18.4 Å². The molecule has 48 heavy (non-hydrogen) atoms. The third-order valence-electron chi connectivity index (χ3n) is 11.4. The fourth-order valence-electron chi connectivity index (χ4n) is 9.27. The first-order chi connectivity index (χ1) is 22.9. The Balaban J connectivity index is 1.82. The number of ether oxygens (including phenoxy) is 4. The maximum Gasteiger partial charge on any atom is 0.302 e. The molecule has 0 bridgehead atoms. The van der Waals surface area contributed by atoms with Crippen molar-refractivity contribution in [2.45, 2.75) is 148 Å². The van der Waals surface area contributed by atoms with E-state index in [4.69, 9.17) is 24.7 Å². The SMILES string of the molecule is COCC[C@H]1CC[C@H](CC(C)C)C[C@H]([C@@H](C[C@@H](CCC2CC(OCCO)C(O)CC2C2CC[NH2+]C(N)C2)OC(C)=O)OC(C)=O)C[C@H]1O. The molecule has 1 heterocycles. The molecule has 12 atom stereocenters. The zero-order valence-electron chi connectivity index (χ0n) is 30.5. The van der Waals surface area contributed by atoms with Crippen molar-refractivity contribution in [1.29, 1.82) is 0 Å². The number of nitrogens with two attached hydrogens (primary N) is 2. The van der Waals surface area contributed by atoms with Crippen molar-refractivity contribution in [2.75, 3.05) is 33.5 Å². The van der Waals surface area contributed by atoms with E-state index in [9.17, 15) is 24.9 Å². The number of hydrogen-bond donors (Lipinski definition) is 5. The van der Waals surface area contributed by atoms with Crippen LogP contribution >= 0.6 is 0 Å². The first-order valence-corrected chi connectivity index (χ1v) is 18.9. The number of carbonyl (C=O) groups is 2. The zero-order valence-corrected chi connectivity index (χ0v) is 30.5. The highest BCUT2D eigenvalue weighted by Gasteiger charge is 2.43. The van der Waals surface area contributed by atoms with Gasteiger partial charge in [-0.25, -0.2) is 0 Å². The van der Waals surface area contributed by atoms with Gasteiger partial charge >= 0.3 is 11.9 Å². The molecule has 1 aliphatic heterocycles. The highest BCUT2D eigenvalue weighted by molar-refractivity contribution is 5.66. The van der Waals surface area contributed by atoms with Crippen LogP contribution in [0.25, 0.3) is 0 Å². The van der Waals surface area contributed by atoms with Crippen LogP contribution < -0.4 is 11.1 Å². The number of quaternary nitrogens is 1. The van der Waals surface area contributed by atoms with Crippen LogP contribution in [0, 0.1) is 41.4 Å². The predicted molar refractivity (Wildman–Crippen MR) is 182 cm³/mol. The summed E-state index contributed by atoms with van der Waals surface area (Å²) in [6.45, 7) is 8.97. The van der Waals surface area contributed by atoms with E-state index in [1.807, 2.05) is 0 Å². The van der Waals surface area contributed by atoms with E-state index in [-0.39, 0.29) is 61.1 Å². The molecule has 0 aromatic rings. The first-order valence-electron chi connectivity index (χ1n) is 18.9. The summed E-state index contributed by atoms with van der Waals surface area (Å²) in [6.07, 6.45) is 7.75. The molecule has 2 aliphatic carbocycles. The molecule has 6 unspecified atom stereocenters. The third-order valence-corrected chi connectivity index (χ3v) is 11.4. The Hall–Kier alpha value is -1.34. The number of esters is 2. The Morgan fingerprint density at radius 3 is 2.29 bits per heavy atom. The Morgan fingerprint density at radius 2 is 1.65 bits per heavy atom. The highest BCUT2D eigenvalue weighted by atomic mass is 16.6.